The molecule has 0 saturated heterocycles. The van der Waals surface area contributed by atoms with Gasteiger partial charge in [0.2, 0.25) is 11.8 Å². The Balaban J connectivity index is 3.19. The summed E-state index contributed by atoms with van der Waals surface area (Å²) in [6.45, 7) is 10.1. The fourth-order valence-corrected chi connectivity index (χ4v) is 1.41. The number of ether oxygens (including phenoxy) is 3. The maximum atomic E-state index is 12.4. The van der Waals surface area contributed by atoms with E-state index in [9.17, 15) is 9.59 Å². The number of amides is 2. The van der Waals surface area contributed by atoms with E-state index in [1.165, 1.54) is 19.4 Å². The average molecular weight is 325 g/mol. The predicted octanol–water partition coefficient (Wildman–Crippen LogP) is 3.16. The molecule has 1 aromatic heterocycles. The van der Waals surface area contributed by atoms with Crippen LogP contribution in [0.5, 0.6) is 5.88 Å². The van der Waals surface area contributed by atoms with Gasteiger partial charge in [0.25, 0.3) is 0 Å². The summed E-state index contributed by atoms with van der Waals surface area (Å²) < 4.78 is 15.4. The quantitative estimate of drug-likeness (QED) is 0.824. The molecule has 0 radical (unpaired) electrons. The fourth-order valence-electron chi connectivity index (χ4n) is 1.41. The van der Waals surface area contributed by atoms with Gasteiger partial charge in [-0.1, -0.05) is 0 Å². The van der Waals surface area contributed by atoms with Crippen LogP contribution in [0.25, 0.3) is 0 Å². The maximum Gasteiger partial charge on any atom is 0.427 e. The molecule has 0 N–H and O–H groups in total. The van der Waals surface area contributed by atoms with Crippen LogP contribution >= 0.6 is 0 Å². The lowest BCUT2D eigenvalue weighted by Crippen LogP contribution is -2.44. The van der Waals surface area contributed by atoms with Crippen LogP contribution in [0.15, 0.2) is 12.3 Å². The number of carbonyl (C=O) groups excluding carboxylic acids is 2. The molecule has 2 amide bonds. The highest BCUT2D eigenvalue weighted by atomic mass is 16.6. The Labute approximate surface area is 135 Å². The van der Waals surface area contributed by atoms with Crippen LogP contribution < -0.4 is 9.64 Å². The zero-order valence-electron chi connectivity index (χ0n) is 14.5. The van der Waals surface area contributed by atoms with Gasteiger partial charge >= 0.3 is 12.2 Å². The van der Waals surface area contributed by atoms with E-state index in [-0.39, 0.29) is 11.8 Å². The minimum atomic E-state index is -0.931. The van der Waals surface area contributed by atoms with E-state index in [0.29, 0.717) is 4.90 Å². The predicted molar refractivity (Wildman–Crippen MR) is 83.5 cm³/mol. The van der Waals surface area contributed by atoms with Crippen molar-refractivity contribution in [1.29, 1.82) is 0 Å². The standard InChI is InChI=1S/C15H23N3O5/c1-14(2,3)22-12(19)18(13(20)23-15(4,5)6)11-16-9-8-10(17-11)21-7/h8-9H,1-7H3. The molecule has 0 spiro atoms. The van der Waals surface area contributed by atoms with Crippen LogP contribution in [-0.2, 0) is 9.47 Å². The van der Waals surface area contributed by atoms with Crippen molar-refractivity contribution in [3.8, 4) is 5.88 Å². The Morgan fingerprint density at radius 2 is 1.48 bits per heavy atom. The van der Waals surface area contributed by atoms with E-state index in [1.54, 1.807) is 41.5 Å². The average Bonchev–Trinajstić information content (AvgIpc) is 2.34. The number of imide groups is 1. The topological polar surface area (TPSA) is 90.8 Å². The summed E-state index contributed by atoms with van der Waals surface area (Å²) in [4.78, 5) is 33.3. The van der Waals surface area contributed by atoms with Gasteiger partial charge in [0.15, 0.2) is 0 Å². The monoisotopic (exact) mass is 325 g/mol. The van der Waals surface area contributed by atoms with Crippen molar-refractivity contribution in [3.05, 3.63) is 12.3 Å². The second kappa shape index (κ2) is 6.80. The molecule has 1 rings (SSSR count). The number of carbonyl (C=O) groups is 2. The van der Waals surface area contributed by atoms with E-state index in [0.717, 1.165) is 0 Å². The minimum absolute atomic E-state index is 0.187. The fraction of sp³-hybridized carbons (Fsp3) is 0.600. The SMILES string of the molecule is COc1ccnc(N(C(=O)OC(C)(C)C)C(=O)OC(C)(C)C)n1. The third-order valence-corrected chi connectivity index (χ3v) is 2.18. The van der Waals surface area contributed by atoms with E-state index in [4.69, 9.17) is 14.2 Å². The molecule has 1 heterocycles. The number of aromatic nitrogens is 2. The van der Waals surface area contributed by atoms with Gasteiger partial charge in [-0.25, -0.2) is 14.6 Å². The van der Waals surface area contributed by atoms with E-state index >= 15 is 0 Å². The smallest absolute Gasteiger partial charge is 0.427 e. The summed E-state index contributed by atoms with van der Waals surface area (Å²) in [5.41, 5.74) is -1.59. The van der Waals surface area contributed by atoms with Crippen molar-refractivity contribution in [1.82, 2.24) is 9.97 Å². The normalized spacial score (nSPS) is 11.6. The Bertz CT molecular complexity index is 547. The number of rotatable bonds is 2. The van der Waals surface area contributed by atoms with Crippen molar-refractivity contribution >= 4 is 18.1 Å². The molecule has 0 aliphatic rings. The first-order valence-electron chi connectivity index (χ1n) is 7.06. The van der Waals surface area contributed by atoms with Crippen LogP contribution in [0.2, 0.25) is 0 Å². The van der Waals surface area contributed by atoms with E-state index in [1.807, 2.05) is 0 Å². The first kappa shape index (κ1) is 18.7. The van der Waals surface area contributed by atoms with Gasteiger partial charge in [-0.2, -0.15) is 4.98 Å². The molecule has 0 aliphatic carbocycles. The number of methoxy groups -OCH3 is 1. The van der Waals surface area contributed by atoms with Crippen LogP contribution in [-0.4, -0.2) is 40.5 Å². The first-order chi connectivity index (χ1) is 10.4. The molecule has 0 fully saturated rings. The number of hydrogen-bond donors (Lipinski definition) is 0. The highest BCUT2D eigenvalue weighted by molar-refractivity contribution is 6.08. The maximum absolute atomic E-state index is 12.4. The zero-order valence-corrected chi connectivity index (χ0v) is 14.5. The molecule has 8 heteroatoms. The third kappa shape index (κ3) is 6.09. The lowest BCUT2D eigenvalue weighted by Gasteiger charge is -2.27. The van der Waals surface area contributed by atoms with Crippen molar-refractivity contribution in [3.63, 3.8) is 0 Å². The van der Waals surface area contributed by atoms with Gasteiger partial charge < -0.3 is 14.2 Å². The lowest BCUT2D eigenvalue weighted by molar-refractivity contribution is 0.0427. The molecule has 0 aromatic carbocycles. The first-order valence-corrected chi connectivity index (χ1v) is 7.06. The molecule has 0 atom stereocenters. The Hall–Kier alpha value is -2.38. The van der Waals surface area contributed by atoms with Gasteiger partial charge in [0.05, 0.1) is 7.11 Å². The molecule has 0 unspecified atom stereocenters. The molecule has 1 aromatic rings. The third-order valence-electron chi connectivity index (χ3n) is 2.18. The Morgan fingerprint density at radius 1 is 1.00 bits per heavy atom. The number of nitrogens with zero attached hydrogens (tertiary/aromatic N) is 3. The van der Waals surface area contributed by atoms with E-state index < -0.39 is 23.4 Å². The van der Waals surface area contributed by atoms with Gasteiger partial charge in [-0.05, 0) is 41.5 Å². The van der Waals surface area contributed by atoms with Crippen LogP contribution in [0.3, 0.4) is 0 Å². The number of anilines is 1. The summed E-state index contributed by atoms with van der Waals surface area (Å²) in [5.74, 6) is 0.0139. The highest BCUT2D eigenvalue weighted by Crippen LogP contribution is 2.20. The van der Waals surface area contributed by atoms with Gasteiger partial charge in [-0.3, -0.25) is 0 Å². The number of hydrogen-bond acceptors (Lipinski definition) is 7. The van der Waals surface area contributed by atoms with Crippen molar-refractivity contribution < 1.29 is 23.8 Å². The minimum Gasteiger partial charge on any atom is -0.481 e. The molecule has 0 bridgehead atoms. The van der Waals surface area contributed by atoms with Gasteiger partial charge in [0.1, 0.15) is 11.2 Å². The second-order valence-electron chi connectivity index (χ2n) is 6.70. The molecular formula is C15H23N3O5. The molecule has 23 heavy (non-hydrogen) atoms. The lowest BCUT2D eigenvalue weighted by atomic mass is 10.2. The molecule has 8 nitrogen and oxygen atoms in total. The van der Waals surface area contributed by atoms with Crippen LogP contribution in [0.1, 0.15) is 41.5 Å². The molecule has 128 valence electrons. The van der Waals surface area contributed by atoms with Crippen molar-refractivity contribution in [2.75, 3.05) is 12.0 Å². The van der Waals surface area contributed by atoms with Gasteiger partial charge in [-0.15, -0.1) is 4.90 Å². The van der Waals surface area contributed by atoms with Crippen molar-refractivity contribution in [2.24, 2.45) is 0 Å². The second-order valence-corrected chi connectivity index (χ2v) is 6.70. The molecular weight excluding hydrogens is 302 g/mol. The van der Waals surface area contributed by atoms with Crippen LogP contribution in [0, 0.1) is 0 Å². The summed E-state index contributed by atoms with van der Waals surface area (Å²) in [6.07, 6.45) is -0.497. The summed E-state index contributed by atoms with van der Waals surface area (Å²) >= 11 is 0. The van der Waals surface area contributed by atoms with E-state index in [2.05, 4.69) is 9.97 Å². The molecule has 0 aliphatic heterocycles. The Morgan fingerprint density at radius 3 is 1.87 bits per heavy atom. The largest absolute Gasteiger partial charge is 0.481 e. The summed E-state index contributed by atoms with van der Waals surface area (Å²) in [7, 11) is 1.41. The van der Waals surface area contributed by atoms with Crippen LogP contribution in [0.4, 0.5) is 15.5 Å². The summed E-state index contributed by atoms with van der Waals surface area (Å²) in [6, 6.07) is 1.49. The molecule has 0 saturated carbocycles. The Kier molecular flexibility index (Phi) is 5.52. The highest BCUT2D eigenvalue weighted by Gasteiger charge is 2.34. The van der Waals surface area contributed by atoms with Crippen molar-refractivity contribution in [2.45, 2.75) is 52.7 Å². The summed E-state index contributed by atoms with van der Waals surface area (Å²) in [5, 5.41) is 0. The zero-order chi connectivity index (χ0) is 17.8. The van der Waals surface area contributed by atoms with Gasteiger partial charge in [0, 0.05) is 12.3 Å².